The van der Waals surface area contributed by atoms with Gasteiger partial charge in [-0.2, -0.15) is 0 Å². The summed E-state index contributed by atoms with van der Waals surface area (Å²) in [6.07, 6.45) is 2.11. The number of carbonyl (C=O) groups is 2. The smallest absolute Gasteiger partial charge is 0.242 e. The first-order chi connectivity index (χ1) is 14.2. The zero-order chi connectivity index (χ0) is 22.3. The number of amides is 2. The van der Waals surface area contributed by atoms with Gasteiger partial charge in [-0.1, -0.05) is 71.9 Å². The fourth-order valence-electron chi connectivity index (χ4n) is 3.40. The van der Waals surface area contributed by atoms with E-state index < -0.39 is 6.04 Å². The first kappa shape index (κ1) is 24.2. The summed E-state index contributed by atoms with van der Waals surface area (Å²) in [4.78, 5) is 27.6. The monoisotopic (exact) mass is 448 g/mol. The van der Waals surface area contributed by atoms with E-state index in [1.165, 1.54) is 0 Å². The Balaban J connectivity index is 2.26. The van der Waals surface area contributed by atoms with E-state index >= 15 is 0 Å². The van der Waals surface area contributed by atoms with E-state index in [1.807, 2.05) is 26.0 Å². The van der Waals surface area contributed by atoms with E-state index in [0.29, 0.717) is 16.6 Å². The molecule has 2 rings (SSSR count). The molecule has 0 heterocycles. The molecule has 162 valence electrons. The number of hydrogen-bond acceptors (Lipinski definition) is 2. The third-order valence-electron chi connectivity index (χ3n) is 4.99. The van der Waals surface area contributed by atoms with Crippen LogP contribution in [-0.2, 0) is 22.6 Å². The number of unbranched alkanes of at least 4 members (excludes halogenated alkanes) is 1. The summed E-state index contributed by atoms with van der Waals surface area (Å²) in [5, 5.41) is 3.93. The second-order valence-electron chi connectivity index (χ2n) is 7.75. The number of benzene rings is 2. The Hall–Kier alpha value is -2.04. The van der Waals surface area contributed by atoms with Gasteiger partial charge in [0.1, 0.15) is 6.04 Å². The number of nitrogens with zero attached hydrogens (tertiary/aromatic N) is 1. The lowest BCUT2D eigenvalue weighted by atomic mass is 10.0. The summed E-state index contributed by atoms with van der Waals surface area (Å²) < 4.78 is 0. The van der Waals surface area contributed by atoms with Gasteiger partial charge in [-0.25, -0.2) is 0 Å². The lowest BCUT2D eigenvalue weighted by Crippen LogP contribution is -2.48. The minimum atomic E-state index is -0.619. The Labute approximate surface area is 189 Å². The van der Waals surface area contributed by atoms with Gasteiger partial charge in [0.25, 0.3) is 0 Å². The van der Waals surface area contributed by atoms with Gasteiger partial charge in [-0.15, -0.1) is 0 Å². The molecule has 0 aliphatic carbocycles. The molecular formula is C24H30Cl2N2O2. The highest BCUT2D eigenvalue weighted by atomic mass is 35.5. The predicted octanol–water partition coefficient (Wildman–Crippen LogP) is 5.49. The first-order valence-corrected chi connectivity index (χ1v) is 11.0. The van der Waals surface area contributed by atoms with E-state index in [9.17, 15) is 9.59 Å². The lowest BCUT2D eigenvalue weighted by molar-refractivity contribution is -0.140. The van der Waals surface area contributed by atoms with Crippen LogP contribution < -0.4 is 5.32 Å². The molecule has 0 bridgehead atoms. The van der Waals surface area contributed by atoms with Crippen molar-refractivity contribution in [3.63, 3.8) is 0 Å². The van der Waals surface area contributed by atoms with Gasteiger partial charge in [-0.3, -0.25) is 9.59 Å². The minimum absolute atomic E-state index is 0.121. The van der Waals surface area contributed by atoms with Crippen LogP contribution >= 0.6 is 23.2 Å². The van der Waals surface area contributed by atoms with E-state index in [0.717, 1.165) is 35.1 Å². The van der Waals surface area contributed by atoms with Crippen molar-refractivity contribution < 1.29 is 9.59 Å². The zero-order valence-corrected chi connectivity index (χ0v) is 19.6. The molecular weight excluding hydrogens is 419 g/mol. The molecule has 4 nitrogen and oxygen atoms in total. The number of halogens is 2. The number of hydrogen-bond donors (Lipinski definition) is 1. The average Bonchev–Trinajstić information content (AvgIpc) is 2.66. The minimum Gasteiger partial charge on any atom is -0.354 e. The van der Waals surface area contributed by atoms with Gasteiger partial charge in [-0.05, 0) is 50.5 Å². The predicted molar refractivity (Wildman–Crippen MR) is 124 cm³/mol. The van der Waals surface area contributed by atoms with Crippen molar-refractivity contribution in [2.24, 2.45) is 0 Å². The highest BCUT2D eigenvalue weighted by molar-refractivity contribution is 6.35. The van der Waals surface area contributed by atoms with Crippen LogP contribution in [0.1, 0.15) is 48.9 Å². The summed E-state index contributed by atoms with van der Waals surface area (Å²) >= 11 is 12.4. The maximum Gasteiger partial charge on any atom is 0.242 e. The molecule has 0 spiro atoms. The highest BCUT2D eigenvalue weighted by Crippen LogP contribution is 2.24. The fraction of sp³-hybridized carbons (Fsp3) is 0.417. The molecule has 2 aromatic carbocycles. The number of nitrogens with one attached hydrogen (secondary N) is 1. The average molecular weight is 449 g/mol. The maximum absolute atomic E-state index is 13.3. The van der Waals surface area contributed by atoms with E-state index in [2.05, 4.69) is 18.3 Å². The lowest BCUT2D eigenvalue weighted by Gasteiger charge is -2.29. The van der Waals surface area contributed by atoms with Crippen LogP contribution in [0, 0.1) is 13.8 Å². The Morgan fingerprint density at radius 1 is 1.07 bits per heavy atom. The van der Waals surface area contributed by atoms with Crippen LogP contribution in [0.15, 0.2) is 36.4 Å². The molecule has 2 aromatic rings. The molecule has 0 saturated heterocycles. The standard InChI is InChI=1S/C24H30Cl2N2O2/c1-5-6-9-27-24(30)18(4)28(15-20-7-8-21(25)14-22(20)26)23(29)13-19-11-16(2)10-17(3)12-19/h7-8,10-12,14,18H,5-6,9,13,15H2,1-4H3,(H,27,30)/t18-/m1/s1. The molecule has 0 radical (unpaired) electrons. The van der Waals surface area contributed by atoms with Crippen molar-refractivity contribution in [1.82, 2.24) is 10.2 Å². The molecule has 1 N–H and O–H groups in total. The normalized spacial score (nSPS) is 11.8. The number of carbonyl (C=O) groups excluding carboxylic acids is 2. The second kappa shape index (κ2) is 11.4. The van der Waals surface area contributed by atoms with Gasteiger partial charge in [0.2, 0.25) is 11.8 Å². The van der Waals surface area contributed by atoms with Crippen molar-refractivity contribution in [1.29, 1.82) is 0 Å². The molecule has 30 heavy (non-hydrogen) atoms. The summed E-state index contributed by atoms with van der Waals surface area (Å²) in [6.45, 7) is 8.68. The Morgan fingerprint density at radius 2 is 1.73 bits per heavy atom. The third kappa shape index (κ3) is 7.03. The maximum atomic E-state index is 13.3. The van der Waals surface area contributed by atoms with E-state index in [1.54, 1.807) is 30.0 Å². The van der Waals surface area contributed by atoms with Crippen LogP contribution in [0.3, 0.4) is 0 Å². The highest BCUT2D eigenvalue weighted by Gasteiger charge is 2.26. The van der Waals surface area contributed by atoms with Gasteiger partial charge in [0.05, 0.1) is 6.42 Å². The van der Waals surface area contributed by atoms with Crippen LogP contribution in [0.4, 0.5) is 0 Å². The number of rotatable bonds is 9. The van der Waals surface area contributed by atoms with Crippen LogP contribution in [0.25, 0.3) is 0 Å². The summed E-state index contributed by atoms with van der Waals surface area (Å²) in [5.74, 6) is -0.286. The molecule has 0 aromatic heterocycles. The van der Waals surface area contributed by atoms with Gasteiger partial charge >= 0.3 is 0 Å². The number of aryl methyl sites for hydroxylation is 2. The van der Waals surface area contributed by atoms with Gasteiger partial charge < -0.3 is 10.2 Å². The Kier molecular flexibility index (Phi) is 9.19. The van der Waals surface area contributed by atoms with Gasteiger partial charge in [0.15, 0.2) is 0 Å². The molecule has 6 heteroatoms. The van der Waals surface area contributed by atoms with E-state index in [-0.39, 0.29) is 24.8 Å². The molecule has 2 amide bonds. The van der Waals surface area contributed by atoms with Crippen molar-refractivity contribution in [2.45, 2.75) is 59.5 Å². The molecule has 0 aliphatic heterocycles. The largest absolute Gasteiger partial charge is 0.354 e. The molecule has 0 fully saturated rings. The van der Waals surface area contributed by atoms with Gasteiger partial charge in [0, 0.05) is 23.1 Å². The fourth-order valence-corrected chi connectivity index (χ4v) is 3.87. The molecule has 1 atom stereocenters. The Bertz CT molecular complexity index is 879. The topological polar surface area (TPSA) is 49.4 Å². The zero-order valence-electron chi connectivity index (χ0n) is 18.1. The molecule has 0 unspecified atom stereocenters. The second-order valence-corrected chi connectivity index (χ2v) is 8.59. The Morgan fingerprint density at radius 3 is 2.33 bits per heavy atom. The summed E-state index contributed by atoms with van der Waals surface area (Å²) in [7, 11) is 0. The summed E-state index contributed by atoms with van der Waals surface area (Å²) in [6, 6.07) is 10.6. The molecule has 0 saturated carbocycles. The SMILES string of the molecule is CCCCNC(=O)[C@@H](C)N(Cc1ccc(Cl)cc1Cl)C(=O)Cc1cc(C)cc(C)c1. The first-order valence-electron chi connectivity index (χ1n) is 10.3. The van der Waals surface area contributed by atoms with Crippen molar-refractivity contribution >= 4 is 35.0 Å². The summed E-state index contributed by atoms with van der Waals surface area (Å²) in [5.41, 5.74) is 3.90. The molecule has 0 aliphatic rings. The quantitative estimate of drug-likeness (QED) is 0.515. The third-order valence-corrected chi connectivity index (χ3v) is 5.58. The van der Waals surface area contributed by atoms with Crippen molar-refractivity contribution in [3.8, 4) is 0 Å². The van der Waals surface area contributed by atoms with Crippen molar-refractivity contribution in [2.75, 3.05) is 6.54 Å². The van der Waals surface area contributed by atoms with Crippen LogP contribution in [-0.4, -0.2) is 29.3 Å². The van der Waals surface area contributed by atoms with Crippen LogP contribution in [0.5, 0.6) is 0 Å². The van der Waals surface area contributed by atoms with Crippen LogP contribution in [0.2, 0.25) is 10.0 Å². The van der Waals surface area contributed by atoms with E-state index in [4.69, 9.17) is 23.2 Å². The van der Waals surface area contributed by atoms with Crippen molar-refractivity contribution in [3.05, 3.63) is 68.7 Å².